The summed E-state index contributed by atoms with van der Waals surface area (Å²) in [6.07, 6.45) is 7.46. The molecule has 170 valence electrons. The Morgan fingerprint density at radius 2 is 1.88 bits per heavy atom. The molecule has 0 radical (unpaired) electrons. The molecular weight excluding hydrogens is 404 g/mol. The van der Waals surface area contributed by atoms with Crippen molar-refractivity contribution in [3.63, 3.8) is 0 Å². The summed E-state index contributed by atoms with van der Waals surface area (Å²) in [5.74, 6) is 0.119. The maximum absolute atomic E-state index is 13.1. The van der Waals surface area contributed by atoms with Gasteiger partial charge >= 0.3 is 0 Å². The Hall–Kier alpha value is -2.25. The van der Waals surface area contributed by atoms with Gasteiger partial charge in [-0.15, -0.1) is 0 Å². The third kappa shape index (κ3) is 3.28. The van der Waals surface area contributed by atoms with Gasteiger partial charge in [0.05, 0.1) is 0 Å². The summed E-state index contributed by atoms with van der Waals surface area (Å²) in [7, 11) is 0. The lowest BCUT2D eigenvalue weighted by Gasteiger charge is -2.60. The monoisotopic (exact) mass is 436 g/mol. The van der Waals surface area contributed by atoms with E-state index in [9.17, 15) is 14.4 Å². The van der Waals surface area contributed by atoms with Crippen molar-refractivity contribution in [3.05, 3.63) is 34.9 Å². The highest BCUT2D eigenvalue weighted by atomic mass is 16.2. The third-order valence-corrected chi connectivity index (χ3v) is 8.79. The number of piperidine rings is 2. The van der Waals surface area contributed by atoms with Gasteiger partial charge in [0, 0.05) is 37.7 Å². The molecule has 5 aliphatic rings. The van der Waals surface area contributed by atoms with E-state index >= 15 is 0 Å². The van der Waals surface area contributed by atoms with E-state index in [1.807, 2.05) is 12.1 Å². The number of hydrogen-bond donors (Lipinski definition) is 2. The fraction of sp³-hybridized carbons (Fsp3) is 0.640. The molecule has 4 aliphatic heterocycles. The average Bonchev–Trinajstić information content (AvgIpc) is 3.04. The highest BCUT2D eigenvalue weighted by Gasteiger charge is 2.53. The Bertz CT molecular complexity index is 958. The molecular formula is C25H32N4O3. The summed E-state index contributed by atoms with van der Waals surface area (Å²) in [6, 6.07) is 6.39. The molecule has 1 saturated carbocycles. The van der Waals surface area contributed by atoms with Crippen LogP contribution in [0.25, 0.3) is 0 Å². The summed E-state index contributed by atoms with van der Waals surface area (Å²) < 4.78 is 0. The lowest BCUT2D eigenvalue weighted by Crippen LogP contribution is -2.68. The minimum Gasteiger partial charge on any atom is -0.322 e. The van der Waals surface area contributed by atoms with E-state index in [-0.39, 0.29) is 24.1 Å². The van der Waals surface area contributed by atoms with E-state index in [4.69, 9.17) is 0 Å². The summed E-state index contributed by atoms with van der Waals surface area (Å²) in [6.45, 7) is 4.78. The molecule has 1 spiro atoms. The van der Waals surface area contributed by atoms with Gasteiger partial charge in [0.25, 0.3) is 5.91 Å². The summed E-state index contributed by atoms with van der Waals surface area (Å²) in [4.78, 5) is 40.9. The van der Waals surface area contributed by atoms with Crippen molar-refractivity contribution in [1.29, 1.82) is 0 Å². The van der Waals surface area contributed by atoms with Crippen molar-refractivity contribution in [1.82, 2.24) is 20.4 Å². The lowest BCUT2D eigenvalue weighted by molar-refractivity contribution is -0.136. The maximum Gasteiger partial charge on any atom is 0.255 e. The summed E-state index contributed by atoms with van der Waals surface area (Å²) in [5.41, 5.74) is 3.50. The van der Waals surface area contributed by atoms with Crippen molar-refractivity contribution in [3.8, 4) is 0 Å². The number of imide groups is 1. The molecule has 32 heavy (non-hydrogen) atoms. The molecule has 6 rings (SSSR count). The van der Waals surface area contributed by atoms with Gasteiger partial charge in [-0.1, -0.05) is 18.6 Å². The molecule has 2 unspecified atom stereocenters. The number of benzene rings is 1. The van der Waals surface area contributed by atoms with Crippen molar-refractivity contribution in [2.24, 2.45) is 11.3 Å². The molecule has 1 aromatic carbocycles. The van der Waals surface area contributed by atoms with Gasteiger partial charge in [-0.2, -0.15) is 0 Å². The number of likely N-dealkylation sites (tertiary alicyclic amines) is 1. The first-order valence-corrected chi connectivity index (χ1v) is 12.2. The van der Waals surface area contributed by atoms with E-state index in [2.05, 4.69) is 21.6 Å². The Labute approximate surface area is 188 Å². The molecule has 1 aromatic rings. The third-order valence-electron chi connectivity index (χ3n) is 8.79. The van der Waals surface area contributed by atoms with Crippen LogP contribution in [0.1, 0.15) is 66.4 Å². The molecule has 0 bridgehead atoms. The van der Waals surface area contributed by atoms with Gasteiger partial charge in [0.15, 0.2) is 0 Å². The van der Waals surface area contributed by atoms with Gasteiger partial charge in [0.1, 0.15) is 6.04 Å². The quantitative estimate of drug-likeness (QED) is 0.704. The molecule has 2 atom stereocenters. The average molecular weight is 437 g/mol. The highest BCUT2D eigenvalue weighted by Crippen LogP contribution is 2.52. The predicted octanol–water partition coefficient (Wildman–Crippen LogP) is 1.80. The Balaban J connectivity index is 1.07. The standard InChI is InChI=1S/C25H32N4O3/c30-21-5-4-20(23(31)27-21)29-14-18-3-2-16(12-19(18)24(29)32)13-28-10-6-17(7-11-28)22-25(15-26-22)8-1-9-25/h2-3,12,17,20,22,26H,1,4-11,13-15H2,(H,27,30,31). The number of fused-ring (bicyclic) bond motifs is 1. The van der Waals surface area contributed by atoms with Crippen LogP contribution in [0.15, 0.2) is 18.2 Å². The molecule has 4 heterocycles. The van der Waals surface area contributed by atoms with Crippen LogP contribution in [0.4, 0.5) is 0 Å². The number of carbonyl (C=O) groups is 3. The molecule has 4 fully saturated rings. The molecule has 7 nitrogen and oxygen atoms in total. The first-order valence-electron chi connectivity index (χ1n) is 12.2. The predicted molar refractivity (Wildman–Crippen MR) is 119 cm³/mol. The van der Waals surface area contributed by atoms with Gasteiger partial charge in [-0.3, -0.25) is 24.6 Å². The summed E-state index contributed by atoms with van der Waals surface area (Å²) in [5, 5.41) is 6.10. The van der Waals surface area contributed by atoms with Crippen LogP contribution < -0.4 is 10.6 Å². The normalized spacial score (nSPS) is 30.1. The zero-order valence-electron chi connectivity index (χ0n) is 18.6. The Morgan fingerprint density at radius 1 is 1.06 bits per heavy atom. The zero-order chi connectivity index (χ0) is 21.9. The van der Waals surface area contributed by atoms with E-state index in [0.29, 0.717) is 23.9 Å². The van der Waals surface area contributed by atoms with E-state index < -0.39 is 6.04 Å². The molecule has 2 N–H and O–H groups in total. The number of nitrogens with zero attached hydrogens (tertiary/aromatic N) is 2. The van der Waals surface area contributed by atoms with Crippen molar-refractivity contribution >= 4 is 17.7 Å². The van der Waals surface area contributed by atoms with Crippen molar-refractivity contribution in [2.45, 2.75) is 70.1 Å². The van der Waals surface area contributed by atoms with Crippen LogP contribution >= 0.6 is 0 Å². The minimum absolute atomic E-state index is 0.0862. The Morgan fingerprint density at radius 3 is 2.53 bits per heavy atom. The number of rotatable bonds is 4. The van der Waals surface area contributed by atoms with Gasteiger partial charge in [-0.05, 0) is 73.7 Å². The van der Waals surface area contributed by atoms with E-state index in [1.54, 1.807) is 4.90 Å². The van der Waals surface area contributed by atoms with Crippen molar-refractivity contribution in [2.75, 3.05) is 19.6 Å². The maximum atomic E-state index is 13.1. The number of carbonyl (C=O) groups excluding carboxylic acids is 3. The van der Waals surface area contributed by atoms with Crippen LogP contribution in [0, 0.1) is 11.3 Å². The SMILES string of the molecule is O=C1CCC(N2Cc3ccc(CN4CCC(C5NCC56CCC6)CC4)cc3C2=O)C(=O)N1. The van der Waals surface area contributed by atoms with Gasteiger partial charge in [-0.25, -0.2) is 0 Å². The largest absolute Gasteiger partial charge is 0.322 e. The second kappa shape index (κ2) is 7.66. The van der Waals surface area contributed by atoms with E-state index in [1.165, 1.54) is 38.6 Å². The van der Waals surface area contributed by atoms with Crippen LogP contribution in [-0.4, -0.2) is 59.2 Å². The summed E-state index contributed by atoms with van der Waals surface area (Å²) >= 11 is 0. The lowest BCUT2D eigenvalue weighted by atomic mass is 9.55. The number of hydrogen-bond acceptors (Lipinski definition) is 5. The Kier molecular flexibility index (Phi) is 4.88. The number of nitrogens with one attached hydrogen (secondary N) is 2. The molecule has 0 aromatic heterocycles. The molecule has 3 saturated heterocycles. The van der Waals surface area contributed by atoms with Crippen LogP contribution in [0.5, 0.6) is 0 Å². The topological polar surface area (TPSA) is 81.8 Å². The van der Waals surface area contributed by atoms with Crippen molar-refractivity contribution < 1.29 is 14.4 Å². The highest BCUT2D eigenvalue weighted by molar-refractivity contribution is 6.05. The first kappa shape index (κ1) is 20.4. The molecule has 3 amide bonds. The zero-order valence-corrected chi connectivity index (χ0v) is 18.6. The molecule has 7 heteroatoms. The molecule has 1 aliphatic carbocycles. The smallest absolute Gasteiger partial charge is 0.255 e. The fourth-order valence-electron chi connectivity index (χ4n) is 6.70. The van der Waals surface area contributed by atoms with Gasteiger partial charge in [0.2, 0.25) is 11.8 Å². The first-order chi connectivity index (χ1) is 15.5. The van der Waals surface area contributed by atoms with E-state index in [0.717, 1.165) is 42.7 Å². The van der Waals surface area contributed by atoms with Gasteiger partial charge < -0.3 is 10.2 Å². The van der Waals surface area contributed by atoms with Crippen LogP contribution in [0.2, 0.25) is 0 Å². The second-order valence-corrected chi connectivity index (χ2v) is 10.6. The van der Waals surface area contributed by atoms with Crippen LogP contribution in [0.3, 0.4) is 0 Å². The number of amides is 3. The minimum atomic E-state index is -0.547. The fourth-order valence-corrected chi connectivity index (χ4v) is 6.70. The van der Waals surface area contributed by atoms with Crippen LogP contribution in [-0.2, 0) is 22.7 Å². The second-order valence-electron chi connectivity index (χ2n) is 10.6.